The van der Waals surface area contributed by atoms with Gasteiger partial charge in [-0.25, -0.2) is 13.1 Å². The Hall–Kier alpha value is -1.56. The molecule has 24 heavy (non-hydrogen) atoms. The Labute approximate surface area is 149 Å². The van der Waals surface area contributed by atoms with Crippen LogP contribution in [0.3, 0.4) is 0 Å². The lowest BCUT2D eigenvalue weighted by Crippen LogP contribution is -2.26. The van der Waals surface area contributed by atoms with Gasteiger partial charge in [0.05, 0.1) is 5.75 Å². The van der Waals surface area contributed by atoms with Crippen LogP contribution in [-0.2, 0) is 22.2 Å². The normalized spacial score (nSPS) is 11.5. The first-order chi connectivity index (χ1) is 11.4. The Balaban J connectivity index is 1.78. The van der Waals surface area contributed by atoms with E-state index < -0.39 is 10.0 Å². The van der Waals surface area contributed by atoms with Gasteiger partial charge in [-0.3, -0.25) is 0 Å². The molecule has 4 nitrogen and oxygen atoms in total. The molecule has 0 bridgehead atoms. The first kappa shape index (κ1) is 18.8. The van der Waals surface area contributed by atoms with Gasteiger partial charge in [0.15, 0.2) is 0 Å². The van der Waals surface area contributed by atoms with Crippen LogP contribution in [0.2, 0.25) is 5.02 Å². The number of sulfonamides is 1. The van der Waals surface area contributed by atoms with Gasteiger partial charge in [0.1, 0.15) is 0 Å². The predicted molar refractivity (Wildman–Crippen MR) is 101 cm³/mol. The fourth-order valence-electron chi connectivity index (χ4n) is 2.38. The number of nitrogens with zero attached hydrogens (tertiary/aromatic N) is 1. The number of rotatable bonds is 8. The molecule has 0 fully saturated rings. The van der Waals surface area contributed by atoms with Gasteiger partial charge in [0, 0.05) is 31.4 Å². The van der Waals surface area contributed by atoms with Crippen LogP contribution >= 0.6 is 11.6 Å². The Morgan fingerprint density at radius 1 is 1.04 bits per heavy atom. The average molecular weight is 367 g/mol. The number of anilines is 1. The Bertz CT molecular complexity index is 759. The molecule has 6 heteroatoms. The minimum Gasteiger partial charge on any atom is -0.378 e. The molecule has 1 N–H and O–H groups in total. The highest BCUT2D eigenvalue weighted by atomic mass is 35.5. The lowest BCUT2D eigenvalue weighted by atomic mass is 10.1. The van der Waals surface area contributed by atoms with Crippen molar-refractivity contribution in [1.82, 2.24) is 4.72 Å². The second-order valence-corrected chi connectivity index (χ2v) is 8.19. The van der Waals surface area contributed by atoms with Gasteiger partial charge in [-0.2, -0.15) is 0 Å². The van der Waals surface area contributed by atoms with Crippen molar-refractivity contribution in [2.45, 2.75) is 18.6 Å². The van der Waals surface area contributed by atoms with Crippen LogP contribution in [0.4, 0.5) is 5.69 Å². The fourth-order valence-corrected chi connectivity index (χ4v) is 3.77. The van der Waals surface area contributed by atoms with E-state index in [1.807, 2.05) is 19.0 Å². The second-order valence-electron chi connectivity index (χ2n) is 5.95. The molecular formula is C18H23ClN2O2S. The first-order valence-electron chi connectivity index (χ1n) is 7.84. The highest BCUT2D eigenvalue weighted by Gasteiger charge is 2.11. The van der Waals surface area contributed by atoms with E-state index in [4.69, 9.17) is 11.6 Å². The number of benzene rings is 2. The van der Waals surface area contributed by atoms with Gasteiger partial charge in [-0.15, -0.1) is 0 Å². The van der Waals surface area contributed by atoms with E-state index in [0.717, 1.165) is 18.5 Å². The van der Waals surface area contributed by atoms with Gasteiger partial charge >= 0.3 is 0 Å². The molecule has 0 heterocycles. The van der Waals surface area contributed by atoms with Crippen molar-refractivity contribution in [2.24, 2.45) is 0 Å². The van der Waals surface area contributed by atoms with Gasteiger partial charge < -0.3 is 4.90 Å². The summed E-state index contributed by atoms with van der Waals surface area (Å²) in [4.78, 5) is 2.05. The van der Waals surface area contributed by atoms with Gasteiger partial charge in [0.2, 0.25) is 10.0 Å². The van der Waals surface area contributed by atoms with Gasteiger partial charge in [-0.1, -0.05) is 35.9 Å². The Morgan fingerprint density at radius 3 is 2.38 bits per heavy atom. The Kier molecular flexibility index (Phi) is 6.66. The quantitative estimate of drug-likeness (QED) is 0.728. The molecule has 0 aromatic heterocycles. The van der Waals surface area contributed by atoms with E-state index in [9.17, 15) is 8.42 Å². The molecule has 0 spiro atoms. The molecule has 0 unspecified atom stereocenters. The van der Waals surface area contributed by atoms with Crippen LogP contribution in [0.1, 0.15) is 17.5 Å². The number of nitrogens with one attached hydrogen (secondary N) is 1. The molecule has 2 aromatic rings. The third-order valence-electron chi connectivity index (χ3n) is 3.66. The zero-order valence-corrected chi connectivity index (χ0v) is 15.6. The monoisotopic (exact) mass is 366 g/mol. The molecule has 2 aromatic carbocycles. The molecule has 130 valence electrons. The maximum Gasteiger partial charge on any atom is 0.215 e. The molecule has 0 aliphatic carbocycles. The number of halogens is 1. The van der Waals surface area contributed by atoms with Crippen molar-refractivity contribution >= 4 is 27.3 Å². The number of aryl methyl sites for hydroxylation is 1. The molecule has 0 radical (unpaired) electrons. The zero-order valence-electron chi connectivity index (χ0n) is 14.0. The molecule has 0 saturated carbocycles. The van der Waals surface area contributed by atoms with E-state index in [0.29, 0.717) is 17.1 Å². The lowest BCUT2D eigenvalue weighted by Gasteiger charge is -2.12. The minimum atomic E-state index is -3.34. The predicted octanol–water partition coefficient (Wildman–Crippen LogP) is 3.46. The molecule has 0 aliphatic heterocycles. The molecule has 0 atom stereocenters. The van der Waals surface area contributed by atoms with Crippen molar-refractivity contribution in [1.29, 1.82) is 0 Å². The van der Waals surface area contributed by atoms with E-state index >= 15 is 0 Å². The van der Waals surface area contributed by atoms with Crippen molar-refractivity contribution in [2.75, 3.05) is 25.5 Å². The SMILES string of the molecule is CN(C)c1ccc(CCCNS(=O)(=O)Cc2cccc(Cl)c2)cc1. The minimum absolute atomic E-state index is 0.0505. The summed E-state index contributed by atoms with van der Waals surface area (Å²) in [5.41, 5.74) is 3.05. The summed E-state index contributed by atoms with van der Waals surface area (Å²) in [6, 6.07) is 15.2. The summed E-state index contributed by atoms with van der Waals surface area (Å²) in [6.45, 7) is 0.429. The summed E-state index contributed by atoms with van der Waals surface area (Å²) in [5.74, 6) is -0.0505. The summed E-state index contributed by atoms with van der Waals surface area (Å²) < 4.78 is 26.8. The van der Waals surface area contributed by atoms with E-state index in [-0.39, 0.29) is 5.75 Å². The van der Waals surface area contributed by atoms with Crippen LogP contribution in [0.25, 0.3) is 0 Å². The van der Waals surface area contributed by atoms with Crippen molar-refractivity contribution in [3.8, 4) is 0 Å². The molecule has 2 rings (SSSR count). The van der Waals surface area contributed by atoms with Crippen LogP contribution in [0.15, 0.2) is 48.5 Å². The molecule has 0 aliphatic rings. The molecule has 0 amide bonds. The first-order valence-corrected chi connectivity index (χ1v) is 9.87. The highest BCUT2D eigenvalue weighted by molar-refractivity contribution is 7.88. The summed E-state index contributed by atoms with van der Waals surface area (Å²) in [5, 5.41) is 0.545. The third kappa shape index (κ3) is 6.15. The van der Waals surface area contributed by atoms with Crippen LogP contribution in [0.5, 0.6) is 0 Å². The number of hydrogen-bond acceptors (Lipinski definition) is 3. The molecule has 0 saturated heterocycles. The van der Waals surface area contributed by atoms with Gasteiger partial charge in [0.25, 0.3) is 0 Å². The topological polar surface area (TPSA) is 49.4 Å². The summed E-state index contributed by atoms with van der Waals surface area (Å²) in [6.07, 6.45) is 1.60. The smallest absolute Gasteiger partial charge is 0.215 e. The maximum absolute atomic E-state index is 12.1. The van der Waals surface area contributed by atoms with Crippen LogP contribution < -0.4 is 9.62 Å². The van der Waals surface area contributed by atoms with Crippen LogP contribution in [-0.4, -0.2) is 29.1 Å². The number of hydrogen-bond donors (Lipinski definition) is 1. The van der Waals surface area contributed by atoms with E-state index in [1.165, 1.54) is 5.56 Å². The Morgan fingerprint density at radius 2 is 1.75 bits per heavy atom. The van der Waals surface area contributed by atoms with Crippen molar-refractivity contribution in [3.63, 3.8) is 0 Å². The molecular weight excluding hydrogens is 344 g/mol. The fraction of sp³-hybridized carbons (Fsp3) is 0.333. The maximum atomic E-state index is 12.1. The highest BCUT2D eigenvalue weighted by Crippen LogP contribution is 2.14. The van der Waals surface area contributed by atoms with Crippen molar-refractivity contribution < 1.29 is 8.42 Å². The second kappa shape index (κ2) is 8.51. The largest absolute Gasteiger partial charge is 0.378 e. The van der Waals surface area contributed by atoms with E-state index in [1.54, 1.807) is 24.3 Å². The summed E-state index contributed by atoms with van der Waals surface area (Å²) >= 11 is 5.88. The van der Waals surface area contributed by atoms with Crippen molar-refractivity contribution in [3.05, 3.63) is 64.7 Å². The summed E-state index contributed by atoms with van der Waals surface area (Å²) in [7, 11) is 0.668. The standard InChI is InChI=1S/C18H23ClN2O2S/c1-21(2)18-10-8-15(9-11-18)6-4-12-20-24(22,23)14-16-5-3-7-17(19)13-16/h3,5,7-11,13,20H,4,6,12,14H2,1-2H3. The van der Waals surface area contributed by atoms with Gasteiger partial charge in [-0.05, 0) is 48.2 Å². The third-order valence-corrected chi connectivity index (χ3v) is 5.26. The van der Waals surface area contributed by atoms with E-state index in [2.05, 4.69) is 29.0 Å². The van der Waals surface area contributed by atoms with Crippen LogP contribution in [0, 0.1) is 0 Å². The average Bonchev–Trinajstić information content (AvgIpc) is 2.51. The lowest BCUT2D eigenvalue weighted by molar-refractivity contribution is 0.578. The zero-order chi connectivity index (χ0) is 17.6.